The number of alkyl halides is 2. The minimum absolute atomic E-state index is 0.0393. The normalized spacial score (nSPS) is 13.2. The molecular formula is C16H18F2N2O3S. The van der Waals surface area contributed by atoms with Gasteiger partial charge in [-0.05, 0) is 25.0 Å². The van der Waals surface area contributed by atoms with Crippen molar-refractivity contribution in [2.75, 3.05) is 6.61 Å². The Bertz CT molecular complexity index is 646. The average molecular weight is 356 g/mol. The van der Waals surface area contributed by atoms with Crippen molar-refractivity contribution in [2.45, 2.75) is 37.0 Å². The number of benzene rings is 1. The third-order valence-electron chi connectivity index (χ3n) is 3.44. The molecule has 1 amide bonds. The van der Waals surface area contributed by atoms with Crippen LogP contribution in [0.1, 0.15) is 31.1 Å². The Morgan fingerprint density at radius 2 is 2.00 bits per heavy atom. The van der Waals surface area contributed by atoms with Crippen molar-refractivity contribution < 1.29 is 23.1 Å². The summed E-state index contributed by atoms with van der Waals surface area (Å²) in [5.41, 5.74) is -1.13. The Morgan fingerprint density at radius 3 is 2.54 bits per heavy atom. The lowest BCUT2D eigenvalue weighted by atomic mass is 9.90. The lowest BCUT2D eigenvalue weighted by Crippen LogP contribution is -2.50. The standard InChI is InChI=1S/C16H18F2N2O3S/c1-10(2)16(3,9-19)20-13(21)8-23-14(22)11-6-4-5-7-12(11)24-15(17)18/h4-7,10,15H,8H2,1-3H3,(H,20,21)/t16-/m1/s1. The van der Waals surface area contributed by atoms with Gasteiger partial charge in [-0.3, -0.25) is 4.79 Å². The van der Waals surface area contributed by atoms with Crippen molar-refractivity contribution >= 4 is 23.6 Å². The SMILES string of the molecule is CC(C)[C@@](C)(C#N)NC(=O)COC(=O)c1ccccc1SC(F)F. The summed E-state index contributed by atoms with van der Waals surface area (Å²) in [6.07, 6.45) is 0. The van der Waals surface area contributed by atoms with Gasteiger partial charge in [0.25, 0.3) is 11.7 Å². The molecule has 0 aromatic heterocycles. The number of amides is 1. The van der Waals surface area contributed by atoms with Crippen LogP contribution in [0.5, 0.6) is 0 Å². The fraction of sp³-hybridized carbons (Fsp3) is 0.438. The highest BCUT2D eigenvalue weighted by Crippen LogP contribution is 2.28. The second kappa shape index (κ2) is 8.64. The number of nitrogens with one attached hydrogen (secondary N) is 1. The third-order valence-corrected chi connectivity index (χ3v) is 4.23. The maximum atomic E-state index is 12.5. The number of nitriles is 1. The molecule has 0 fully saturated rings. The molecule has 0 bridgehead atoms. The number of thioether (sulfide) groups is 1. The molecule has 24 heavy (non-hydrogen) atoms. The van der Waals surface area contributed by atoms with Crippen LogP contribution in [0.25, 0.3) is 0 Å². The summed E-state index contributed by atoms with van der Waals surface area (Å²) in [6.45, 7) is 4.50. The highest BCUT2D eigenvalue weighted by Gasteiger charge is 2.30. The highest BCUT2D eigenvalue weighted by molar-refractivity contribution is 7.99. The van der Waals surface area contributed by atoms with Gasteiger partial charge in [0, 0.05) is 4.90 Å². The quantitative estimate of drug-likeness (QED) is 0.599. The Kier molecular flexibility index (Phi) is 7.17. The van der Waals surface area contributed by atoms with E-state index in [-0.39, 0.29) is 28.1 Å². The predicted molar refractivity (Wildman–Crippen MR) is 85.6 cm³/mol. The van der Waals surface area contributed by atoms with E-state index >= 15 is 0 Å². The summed E-state index contributed by atoms with van der Waals surface area (Å²) in [5.74, 6) is -4.34. The molecule has 0 unspecified atom stereocenters. The zero-order valence-corrected chi connectivity index (χ0v) is 14.3. The van der Waals surface area contributed by atoms with E-state index in [0.29, 0.717) is 0 Å². The smallest absolute Gasteiger partial charge is 0.339 e. The molecule has 1 aromatic rings. The molecule has 130 valence electrons. The Morgan fingerprint density at radius 1 is 1.38 bits per heavy atom. The number of hydrogen-bond donors (Lipinski definition) is 1. The van der Waals surface area contributed by atoms with Gasteiger partial charge in [-0.1, -0.05) is 37.7 Å². The summed E-state index contributed by atoms with van der Waals surface area (Å²) in [7, 11) is 0. The number of ether oxygens (including phenoxy) is 1. The van der Waals surface area contributed by atoms with Crippen LogP contribution < -0.4 is 5.32 Å². The zero-order valence-electron chi connectivity index (χ0n) is 13.5. The van der Waals surface area contributed by atoms with Crippen LogP contribution in [-0.4, -0.2) is 29.8 Å². The number of carbonyl (C=O) groups excluding carboxylic acids is 2. The van der Waals surface area contributed by atoms with Gasteiger partial charge in [-0.15, -0.1) is 0 Å². The van der Waals surface area contributed by atoms with Crippen molar-refractivity contribution in [1.82, 2.24) is 5.32 Å². The zero-order chi connectivity index (χ0) is 18.3. The van der Waals surface area contributed by atoms with Gasteiger partial charge >= 0.3 is 5.97 Å². The lowest BCUT2D eigenvalue weighted by molar-refractivity contribution is -0.125. The lowest BCUT2D eigenvalue weighted by Gasteiger charge is -2.27. The fourth-order valence-electron chi connectivity index (χ4n) is 1.67. The van der Waals surface area contributed by atoms with Crippen molar-refractivity contribution in [3.63, 3.8) is 0 Å². The van der Waals surface area contributed by atoms with Crippen molar-refractivity contribution in [3.05, 3.63) is 29.8 Å². The number of nitrogens with zero attached hydrogens (tertiary/aromatic N) is 1. The number of rotatable bonds is 7. The van der Waals surface area contributed by atoms with E-state index in [1.807, 2.05) is 6.07 Å². The summed E-state index contributed by atoms with van der Waals surface area (Å²) < 4.78 is 29.9. The Hall–Kier alpha value is -2.14. The second-order valence-electron chi connectivity index (χ2n) is 5.47. The molecule has 0 spiro atoms. The molecule has 1 N–H and O–H groups in total. The number of esters is 1. The first-order valence-corrected chi connectivity index (χ1v) is 8.00. The van der Waals surface area contributed by atoms with Crippen LogP contribution >= 0.6 is 11.8 Å². The summed E-state index contributed by atoms with van der Waals surface area (Å²) >= 11 is 0.227. The third kappa shape index (κ3) is 5.49. The molecule has 0 saturated carbocycles. The monoisotopic (exact) mass is 356 g/mol. The molecular weight excluding hydrogens is 338 g/mol. The largest absolute Gasteiger partial charge is 0.452 e. The van der Waals surface area contributed by atoms with E-state index in [9.17, 15) is 18.4 Å². The van der Waals surface area contributed by atoms with E-state index in [2.05, 4.69) is 5.32 Å². The number of hydrogen-bond acceptors (Lipinski definition) is 5. The first-order chi connectivity index (χ1) is 11.2. The van der Waals surface area contributed by atoms with Crippen LogP contribution in [-0.2, 0) is 9.53 Å². The van der Waals surface area contributed by atoms with Gasteiger partial charge in [-0.2, -0.15) is 14.0 Å². The minimum atomic E-state index is -2.68. The Balaban J connectivity index is 2.70. The maximum absolute atomic E-state index is 12.5. The first-order valence-electron chi connectivity index (χ1n) is 7.13. The molecule has 0 aliphatic carbocycles. The molecule has 0 radical (unpaired) electrons. The van der Waals surface area contributed by atoms with Crippen LogP contribution in [0, 0.1) is 17.2 Å². The van der Waals surface area contributed by atoms with Crippen LogP contribution in [0.15, 0.2) is 29.2 Å². The van der Waals surface area contributed by atoms with Gasteiger partial charge in [0.15, 0.2) is 6.61 Å². The van der Waals surface area contributed by atoms with Crippen LogP contribution in [0.3, 0.4) is 0 Å². The molecule has 0 aliphatic heterocycles. The van der Waals surface area contributed by atoms with Crippen molar-refractivity contribution in [1.29, 1.82) is 5.26 Å². The summed E-state index contributed by atoms with van der Waals surface area (Å²) in [4.78, 5) is 23.9. The van der Waals surface area contributed by atoms with Gasteiger partial charge in [0.05, 0.1) is 11.6 Å². The predicted octanol–water partition coefficient (Wildman–Crippen LogP) is 3.21. The van der Waals surface area contributed by atoms with Crippen molar-refractivity contribution in [2.24, 2.45) is 5.92 Å². The molecule has 5 nitrogen and oxygen atoms in total. The van der Waals surface area contributed by atoms with Crippen LogP contribution in [0.2, 0.25) is 0 Å². The molecule has 0 aliphatic rings. The minimum Gasteiger partial charge on any atom is -0.452 e. The van der Waals surface area contributed by atoms with Gasteiger partial charge < -0.3 is 10.1 Å². The fourth-order valence-corrected chi connectivity index (χ4v) is 2.30. The number of carbonyl (C=O) groups is 2. The molecule has 0 saturated heterocycles. The van der Waals surface area contributed by atoms with Gasteiger partial charge in [0.2, 0.25) is 0 Å². The van der Waals surface area contributed by atoms with Gasteiger partial charge in [0.1, 0.15) is 5.54 Å². The molecule has 0 heterocycles. The second-order valence-corrected chi connectivity index (χ2v) is 6.50. The highest BCUT2D eigenvalue weighted by atomic mass is 32.2. The van der Waals surface area contributed by atoms with Crippen molar-refractivity contribution in [3.8, 4) is 6.07 Å². The summed E-state index contributed by atoms with van der Waals surface area (Å²) in [6, 6.07) is 7.75. The van der Waals surface area contributed by atoms with Gasteiger partial charge in [-0.25, -0.2) is 4.79 Å². The molecule has 1 rings (SSSR count). The maximum Gasteiger partial charge on any atom is 0.339 e. The Labute approximate surface area is 143 Å². The van der Waals surface area contributed by atoms with E-state index in [4.69, 9.17) is 10.00 Å². The van der Waals surface area contributed by atoms with E-state index in [1.54, 1.807) is 20.8 Å². The molecule has 1 aromatic carbocycles. The first kappa shape index (κ1) is 19.9. The number of halogens is 2. The van der Waals surface area contributed by atoms with E-state index in [0.717, 1.165) is 0 Å². The van der Waals surface area contributed by atoms with Crippen LogP contribution in [0.4, 0.5) is 8.78 Å². The van der Waals surface area contributed by atoms with E-state index < -0.39 is 29.8 Å². The summed E-state index contributed by atoms with van der Waals surface area (Å²) in [5, 5.41) is 11.6. The molecule has 1 atom stereocenters. The average Bonchev–Trinajstić information content (AvgIpc) is 2.52. The topological polar surface area (TPSA) is 79.2 Å². The molecule has 8 heteroatoms. The van der Waals surface area contributed by atoms with E-state index in [1.165, 1.54) is 24.3 Å².